The Morgan fingerprint density at radius 2 is 2.05 bits per heavy atom. The number of nitrogens with one attached hydrogen (secondary N) is 1. The number of sulfonamides is 1. The number of aryl methyl sites for hydroxylation is 2. The molecule has 0 heterocycles. The third kappa shape index (κ3) is 4.58. The zero-order chi connectivity index (χ0) is 14.5. The summed E-state index contributed by atoms with van der Waals surface area (Å²) >= 11 is 0. The van der Waals surface area contributed by atoms with E-state index in [0.717, 1.165) is 11.1 Å². The van der Waals surface area contributed by atoms with Gasteiger partial charge in [-0.2, -0.15) is 0 Å². The van der Waals surface area contributed by atoms with Crippen LogP contribution >= 0.6 is 0 Å². The molecule has 0 aliphatic carbocycles. The summed E-state index contributed by atoms with van der Waals surface area (Å²) in [6.45, 7) is 4.43. The van der Waals surface area contributed by atoms with Crippen LogP contribution in [-0.2, 0) is 14.8 Å². The quantitative estimate of drug-likeness (QED) is 0.782. The van der Waals surface area contributed by atoms with Crippen LogP contribution in [-0.4, -0.2) is 34.7 Å². The molecule has 0 aliphatic heterocycles. The smallest absolute Gasteiger partial charge is 0.241 e. The normalized spacial score (nSPS) is 13.5. The van der Waals surface area contributed by atoms with Gasteiger partial charge in [-0.15, -0.1) is 0 Å². The van der Waals surface area contributed by atoms with E-state index in [-0.39, 0.29) is 6.04 Å². The Kier molecular flexibility index (Phi) is 5.93. The van der Waals surface area contributed by atoms with Gasteiger partial charge in [-0.3, -0.25) is 0 Å². The fraction of sp³-hybridized carbons (Fsp3) is 0.538. The summed E-state index contributed by atoms with van der Waals surface area (Å²) in [5, 5.41) is 0. The van der Waals surface area contributed by atoms with Crippen LogP contribution in [0.15, 0.2) is 23.1 Å². The summed E-state index contributed by atoms with van der Waals surface area (Å²) in [5.74, 6) is 0. The molecular weight excluding hydrogens is 264 g/mol. The average Bonchev–Trinajstić information content (AvgIpc) is 2.28. The van der Waals surface area contributed by atoms with Crippen LogP contribution < -0.4 is 10.5 Å². The van der Waals surface area contributed by atoms with Crippen molar-refractivity contribution in [1.82, 2.24) is 4.72 Å². The second-order valence-electron chi connectivity index (χ2n) is 4.62. The first kappa shape index (κ1) is 16.1. The zero-order valence-corrected chi connectivity index (χ0v) is 12.5. The minimum absolute atomic E-state index is 0.302. The van der Waals surface area contributed by atoms with E-state index in [1.165, 1.54) is 7.11 Å². The number of methoxy groups -OCH3 is 1. The van der Waals surface area contributed by atoms with Crippen LogP contribution in [0.5, 0.6) is 0 Å². The van der Waals surface area contributed by atoms with E-state index in [1.807, 2.05) is 13.0 Å². The third-order valence-corrected chi connectivity index (χ3v) is 4.51. The Bertz CT molecular complexity index is 509. The van der Waals surface area contributed by atoms with Crippen molar-refractivity contribution in [3.05, 3.63) is 29.3 Å². The van der Waals surface area contributed by atoms with E-state index >= 15 is 0 Å². The molecule has 0 saturated carbocycles. The topological polar surface area (TPSA) is 81.4 Å². The minimum atomic E-state index is -3.54. The van der Waals surface area contributed by atoms with E-state index in [1.54, 1.807) is 19.1 Å². The first-order valence-electron chi connectivity index (χ1n) is 6.19. The van der Waals surface area contributed by atoms with Crippen LogP contribution in [0.1, 0.15) is 17.5 Å². The summed E-state index contributed by atoms with van der Waals surface area (Å²) in [7, 11) is -2.00. The molecular formula is C13H22N2O3S. The Morgan fingerprint density at radius 3 is 2.58 bits per heavy atom. The number of nitrogens with two attached hydrogens (primary N) is 1. The van der Waals surface area contributed by atoms with Crippen molar-refractivity contribution in [2.24, 2.45) is 5.73 Å². The zero-order valence-electron chi connectivity index (χ0n) is 11.6. The highest BCUT2D eigenvalue weighted by Crippen LogP contribution is 2.17. The highest BCUT2D eigenvalue weighted by Gasteiger charge is 2.21. The summed E-state index contributed by atoms with van der Waals surface area (Å²) in [6.07, 6.45) is 0.540. The highest BCUT2D eigenvalue weighted by molar-refractivity contribution is 7.89. The molecule has 1 unspecified atom stereocenters. The van der Waals surface area contributed by atoms with Gasteiger partial charge in [-0.1, -0.05) is 17.7 Å². The summed E-state index contributed by atoms with van der Waals surface area (Å²) in [6, 6.07) is 4.96. The molecule has 3 N–H and O–H groups in total. The molecule has 0 spiro atoms. The molecule has 19 heavy (non-hydrogen) atoms. The minimum Gasteiger partial charge on any atom is -0.383 e. The van der Waals surface area contributed by atoms with Gasteiger partial charge in [0.15, 0.2) is 0 Å². The molecule has 0 aromatic heterocycles. The van der Waals surface area contributed by atoms with Crippen LogP contribution in [0.2, 0.25) is 0 Å². The lowest BCUT2D eigenvalue weighted by Gasteiger charge is -2.18. The molecule has 0 bridgehead atoms. The van der Waals surface area contributed by atoms with Gasteiger partial charge in [-0.25, -0.2) is 13.1 Å². The number of hydrogen-bond acceptors (Lipinski definition) is 4. The number of hydrogen-bond donors (Lipinski definition) is 2. The van der Waals surface area contributed by atoms with Gasteiger partial charge in [-0.05, 0) is 38.4 Å². The molecule has 108 valence electrons. The Morgan fingerprint density at radius 1 is 1.37 bits per heavy atom. The standard InChI is InChI=1S/C13H22N2O3S/c1-10-4-5-13(11(2)8-10)19(16,17)15-12(6-7-14)9-18-3/h4-5,8,12,15H,6-7,9,14H2,1-3H3. The lowest BCUT2D eigenvalue weighted by atomic mass is 10.2. The molecule has 5 nitrogen and oxygen atoms in total. The largest absolute Gasteiger partial charge is 0.383 e. The van der Waals surface area contributed by atoms with Crippen LogP contribution in [0.4, 0.5) is 0 Å². The summed E-state index contributed by atoms with van der Waals surface area (Å²) in [4.78, 5) is 0.302. The molecule has 0 amide bonds. The molecule has 1 rings (SSSR count). The first-order valence-corrected chi connectivity index (χ1v) is 7.67. The molecule has 0 aliphatic rings. The van der Waals surface area contributed by atoms with Crippen molar-refractivity contribution in [1.29, 1.82) is 0 Å². The second kappa shape index (κ2) is 7.00. The second-order valence-corrected chi connectivity index (χ2v) is 6.30. The van der Waals surface area contributed by atoms with Crippen molar-refractivity contribution < 1.29 is 13.2 Å². The Hall–Kier alpha value is -0.950. The van der Waals surface area contributed by atoms with Gasteiger partial charge in [0.2, 0.25) is 10.0 Å². The van der Waals surface area contributed by atoms with Crippen molar-refractivity contribution in [3.63, 3.8) is 0 Å². The SMILES string of the molecule is COCC(CCN)NS(=O)(=O)c1ccc(C)cc1C. The maximum Gasteiger partial charge on any atom is 0.241 e. The molecule has 1 aromatic carbocycles. The Balaban J connectivity index is 2.96. The van der Waals surface area contributed by atoms with Gasteiger partial charge in [0.25, 0.3) is 0 Å². The predicted molar refractivity (Wildman–Crippen MR) is 75.6 cm³/mol. The van der Waals surface area contributed by atoms with E-state index in [0.29, 0.717) is 24.5 Å². The summed E-state index contributed by atoms with van der Waals surface area (Å²) in [5.41, 5.74) is 7.24. The van der Waals surface area contributed by atoms with Crippen molar-refractivity contribution >= 4 is 10.0 Å². The van der Waals surface area contributed by atoms with E-state index in [9.17, 15) is 8.42 Å². The van der Waals surface area contributed by atoms with Gasteiger partial charge in [0.1, 0.15) is 0 Å². The van der Waals surface area contributed by atoms with E-state index in [2.05, 4.69) is 4.72 Å². The molecule has 0 saturated heterocycles. The van der Waals surface area contributed by atoms with Crippen molar-refractivity contribution in [3.8, 4) is 0 Å². The molecule has 6 heteroatoms. The lowest BCUT2D eigenvalue weighted by Crippen LogP contribution is -2.39. The maximum atomic E-state index is 12.3. The maximum absolute atomic E-state index is 12.3. The van der Waals surface area contributed by atoms with Crippen molar-refractivity contribution in [2.75, 3.05) is 20.3 Å². The fourth-order valence-corrected chi connectivity index (χ4v) is 3.44. The molecule has 1 aromatic rings. The molecule has 0 fully saturated rings. The number of benzene rings is 1. The van der Waals surface area contributed by atoms with Gasteiger partial charge in [0, 0.05) is 13.2 Å². The highest BCUT2D eigenvalue weighted by atomic mass is 32.2. The first-order chi connectivity index (χ1) is 8.90. The van der Waals surface area contributed by atoms with E-state index < -0.39 is 10.0 Å². The van der Waals surface area contributed by atoms with Crippen LogP contribution in [0.25, 0.3) is 0 Å². The Labute approximate surface area is 115 Å². The predicted octanol–water partition coefficient (Wildman–Crippen LogP) is 0.946. The van der Waals surface area contributed by atoms with Crippen molar-refractivity contribution in [2.45, 2.75) is 31.2 Å². The monoisotopic (exact) mass is 286 g/mol. The molecule has 0 radical (unpaired) electrons. The summed E-state index contributed by atoms with van der Waals surface area (Å²) < 4.78 is 32.3. The lowest BCUT2D eigenvalue weighted by molar-refractivity contribution is 0.172. The van der Waals surface area contributed by atoms with Gasteiger partial charge in [0.05, 0.1) is 11.5 Å². The average molecular weight is 286 g/mol. The number of ether oxygens (including phenoxy) is 1. The third-order valence-electron chi connectivity index (χ3n) is 2.82. The van der Waals surface area contributed by atoms with Crippen LogP contribution in [0.3, 0.4) is 0 Å². The van der Waals surface area contributed by atoms with Gasteiger partial charge >= 0.3 is 0 Å². The van der Waals surface area contributed by atoms with E-state index in [4.69, 9.17) is 10.5 Å². The fourth-order valence-electron chi connectivity index (χ4n) is 1.96. The number of rotatable bonds is 7. The molecule has 1 atom stereocenters. The van der Waals surface area contributed by atoms with Gasteiger partial charge < -0.3 is 10.5 Å². The van der Waals surface area contributed by atoms with Crippen LogP contribution in [0, 0.1) is 13.8 Å².